The number of fused-ring (bicyclic) bond motifs is 1. The number of aromatic amines is 1. The molecule has 1 aromatic heterocycles. The first-order chi connectivity index (χ1) is 6.31. The van der Waals surface area contributed by atoms with Crippen LogP contribution in [0.25, 0.3) is 0 Å². The minimum atomic E-state index is 0.0916. The monoisotopic (exact) mass is 198 g/mol. The zero-order valence-electron chi connectivity index (χ0n) is 7.51. The Morgan fingerprint density at radius 2 is 2.46 bits per heavy atom. The molecule has 4 heteroatoms. The van der Waals surface area contributed by atoms with Gasteiger partial charge in [0.2, 0.25) is 0 Å². The summed E-state index contributed by atoms with van der Waals surface area (Å²) >= 11 is 1.37. The lowest BCUT2D eigenvalue weighted by Gasteiger charge is -2.20. The number of hydrogen-bond acceptors (Lipinski definition) is 3. The Morgan fingerprint density at radius 3 is 3.23 bits per heavy atom. The maximum Gasteiger partial charge on any atom is 0.304 e. The van der Waals surface area contributed by atoms with Crippen molar-refractivity contribution < 1.29 is 0 Å². The van der Waals surface area contributed by atoms with E-state index < -0.39 is 0 Å². The molecule has 0 bridgehead atoms. The van der Waals surface area contributed by atoms with Gasteiger partial charge < -0.3 is 10.7 Å². The van der Waals surface area contributed by atoms with Crippen LogP contribution in [-0.2, 0) is 6.42 Å². The highest BCUT2D eigenvalue weighted by molar-refractivity contribution is 7.09. The summed E-state index contributed by atoms with van der Waals surface area (Å²) in [6.45, 7) is 0.710. The van der Waals surface area contributed by atoms with Gasteiger partial charge in [0.25, 0.3) is 0 Å². The smallest absolute Gasteiger partial charge is 0.304 e. The van der Waals surface area contributed by atoms with Crippen molar-refractivity contribution in [1.82, 2.24) is 4.98 Å². The fourth-order valence-electron chi connectivity index (χ4n) is 2.03. The molecule has 0 amide bonds. The van der Waals surface area contributed by atoms with Crippen molar-refractivity contribution in [1.29, 1.82) is 0 Å². The second-order valence-electron chi connectivity index (χ2n) is 3.52. The first kappa shape index (κ1) is 8.97. The molecule has 3 nitrogen and oxygen atoms in total. The van der Waals surface area contributed by atoms with E-state index in [0.29, 0.717) is 12.5 Å². The maximum atomic E-state index is 11.1. The van der Waals surface area contributed by atoms with Gasteiger partial charge in [-0.3, -0.25) is 4.79 Å². The van der Waals surface area contributed by atoms with Gasteiger partial charge in [0, 0.05) is 16.5 Å². The number of hydrogen-bond donors (Lipinski definition) is 2. The van der Waals surface area contributed by atoms with E-state index in [1.54, 1.807) is 0 Å². The van der Waals surface area contributed by atoms with Crippen molar-refractivity contribution in [3.05, 3.63) is 20.2 Å². The van der Waals surface area contributed by atoms with Gasteiger partial charge in [0.15, 0.2) is 0 Å². The van der Waals surface area contributed by atoms with E-state index in [1.165, 1.54) is 34.7 Å². The van der Waals surface area contributed by atoms with Gasteiger partial charge in [-0.1, -0.05) is 11.3 Å². The van der Waals surface area contributed by atoms with Gasteiger partial charge in [-0.25, -0.2) is 0 Å². The third kappa shape index (κ3) is 1.69. The first-order valence-corrected chi connectivity index (χ1v) is 5.55. The average Bonchev–Trinajstić information content (AvgIpc) is 2.47. The summed E-state index contributed by atoms with van der Waals surface area (Å²) in [5.41, 5.74) is 6.71. The third-order valence-electron chi connectivity index (χ3n) is 2.63. The largest absolute Gasteiger partial charge is 0.330 e. The van der Waals surface area contributed by atoms with E-state index in [-0.39, 0.29) is 4.87 Å². The van der Waals surface area contributed by atoms with Crippen LogP contribution in [0, 0.1) is 0 Å². The minimum Gasteiger partial charge on any atom is -0.330 e. The summed E-state index contributed by atoms with van der Waals surface area (Å²) in [6.07, 6.45) is 4.45. The Labute approximate surface area is 81.0 Å². The van der Waals surface area contributed by atoms with Crippen LogP contribution < -0.4 is 10.6 Å². The molecule has 72 valence electrons. The Hall–Kier alpha value is -0.610. The van der Waals surface area contributed by atoms with Crippen molar-refractivity contribution >= 4 is 11.3 Å². The van der Waals surface area contributed by atoms with Gasteiger partial charge in [-0.15, -0.1) is 0 Å². The van der Waals surface area contributed by atoms with E-state index in [4.69, 9.17) is 5.73 Å². The fourth-order valence-corrected chi connectivity index (χ4v) is 2.99. The summed E-state index contributed by atoms with van der Waals surface area (Å²) in [4.78, 5) is 15.4. The molecule has 1 aliphatic rings. The van der Waals surface area contributed by atoms with Crippen molar-refractivity contribution in [3.8, 4) is 0 Å². The van der Waals surface area contributed by atoms with E-state index in [9.17, 15) is 4.79 Å². The predicted octanol–water partition coefficient (Wildman–Crippen LogP) is 1.21. The van der Waals surface area contributed by atoms with Crippen LogP contribution in [0.15, 0.2) is 4.79 Å². The molecule has 1 aliphatic carbocycles. The molecule has 1 aromatic rings. The lowest BCUT2D eigenvalue weighted by Crippen LogP contribution is -2.13. The van der Waals surface area contributed by atoms with Crippen molar-refractivity contribution in [2.24, 2.45) is 5.73 Å². The maximum absolute atomic E-state index is 11.1. The van der Waals surface area contributed by atoms with Crippen LogP contribution >= 0.6 is 11.3 Å². The van der Waals surface area contributed by atoms with Crippen LogP contribution in [0.4, 0.5) is 0 Å². The number of H-pyrrole nitrogens is 1. The molecule has 3 N–H and O–H groups in total. The van der Waals surface area contributed by atoms with E-state index in [2.05, 4.69) is 4.98 Å². The van der Waals surface area contributed by atoms with Gasteiger partial charge in [-0.2, -0.15) is 0 Å². The summed E-state index contributed by atoms with van der Waals surface area (Å²) in [6, 6.07) is 0. The van der Waals surface area contributed by atoms with Crippen molar-refractivity contribution in [2.75, 3.05) is 6.54 Å². The molecule has 2 rings (SSSR count). The molecular formula is C9H14N2OS. The number of nitrogens with two attached hydrogens (primary N) is 1. The van der Waals surface area contributed by atoms with Crippen LogP contribution in [-0.4, -0.2) is 11.5 Å². The third-order valence-corrected chi connectivity index (χ3v) is 3.59. The summed E-state index contributed by atoms with van der Waals surface area (Å²) in [7, 11) is 0. The lowest BCUT2D eigenvalue weighted by atomic mass is 9.89. The predicted molar refractivity (Wildman–Crippen MR) is 54.3 cm³/mol. The van der Waals surface area contributed by atoms with Crippen molar-refractivity contribution in [3.63, 3.8) is 0 Å². The van der Waals surface area contributed by atoms with Gasteiger partial charge in [0.05, 0.1) is 0 Å². The highest BCUT2D eigenvalue weighted by Gasteiger charge is 2.22. The summed E-state index contributed by atoms with van der Waals surface area (Å²) < 4.78 is 0. The molecule has 0 spiro atoms. The Bertz CT molecular complexity index is 342. The Morgan fingerprint density at radius 1 is 1.62 bits per heavy atom. The molecule has 0 saturated heterocycles. The second-order valence-corrected chi connectivity index (χ2v) is 4.59. The molecule has 1 atom stereocenters. The lowest BCUT2D eigenvalue weighted by molar-refractivity contribution is 0.519. The zero-order chi connectivity index (χ0) is 9.26. The highest BCUT2D eigenvalue weighted by Crippen LogP contribution is 2.33. The standard InChI is InChI=1S/C9H14N2OS/c10-5-4-6-2-1-3-7-8(6)11-9(12)13-7/h6H,1-5,10H2,(H,11,12). The van der Waals surface area contributed by atoms with E-state index in [1.807, 2.05) is 0 Å². The van der Waals surface area contributed by atoms with Crippen molar-refractivity contribution in [2.45, 2.75) is 31.6 Å². The number of aryl methyl sites for hydroxylation is 1. The van der Waals surface area contributed by atoms with Crippen LogP contribution in [0.1, 0.15) is 35.8 Å². The molecule has 0 aliphatic heterocycles. The molecule has 0 aromatic carbocycles. The Balaban J connectivity index is 2.30. The summed E-state index contributed by atoms with van der Waals surface area (Å²) in [5, 5.41) is 0. The zero-order valence-corrected chi connectivity index (χ0v) is 8.32. The molecule has 13 heavy (non-hydrogen) atoms. The fraction of sp³-hybridized carbons (Fsp3) is 0.667. The van der Waals surface area contributed by atoms with Gasteiger partial charge in [0.1, 0.15) is 0 Å². The minimum absolute atomic E-state index is 0.0916. The van der Waals surface area contributed by atoms with Crippen LogP contribution in [0.2, 0.25) is 0 Å². The topological polar surface area (TPSA) is 58.9 Å². The van der Waals surface area contributed by atoms with E-state index in [0.717, 1.165) is 12.8 Å². The average molecular weight is 198 g/mol. The Kier molecular flexibility index (Phi) is 2.51. The number of rotatable bonds is 2. The molecular weight excluding hydrogens is 184 g/mol. The molecule has 0 fully saturated rings. The van der Waals surface area contributed by atoms with Gasteiger partial charge in [-0.05, 0) is 32.2 Å². The van der Waals surface area contributed by atoms with Crippen LogP contribution in [0.3, 0.4) is 0 Å². The first-order valence-electron chi connectivity index (χ1n) is 4.73. The number of thiazole rings is 1. The van der Waals surface area contributed by atoms with Crippen LogP contribution in [0.5, 0.6) is 0 Å². The molecule has 1 heterocycles. The van der Waals surface area contributed by atoms with Gasteiger partial charge >= 0.3 is 4.87 Å². The normalized spacial score (nSPS) is 21.5. The summed E-state index contributed by atoms with van der Waals surface area (Å²) in [5.74, 6) is 0.507. The highest BCUT2D eigenvalue weighted by atomic mass is 32.1. The quantitative estimate of drug-likeness (QED) is 0.750. The van der Waals surface area contributed by atoms with E-state index >= 15 is 0 Å². The number of nitrogens with one attached hydrogen (secondary N) is 1. The molecule has 0 saturated carbocycles. The molecule has 1 unspecified atom stereocenters. The number of aromatic nitrogens is 1. The SMILES string of the molecule is NCCC1CCCc2sc(=O)[nH]c21. The second kappa shape index (κ2) is 3.64. The molecule has 0 radical (unpaired) electrons.